The van der Waals surface area contributed by atoms with E-state index in [1.807, 2.05) is 24.3 Å². The highest BCUT2D eigenvalue weighted by molar-refractivity contribution is 5.80. The summed E-state index contributed by atoms with van der Waals surface area (Å²) in [7, 11) is 0. The maximum Gasteiger partial charge on any atom is 0.115 e. The van der Waals surface area contributed by atoms with E-state index in [1.54, 1.807) is 12.1 Å². The topological polar surface area (TPSA) is 36.0 Å². The molecule has 2 nitrogen and oxygen atoms in total. The summed E-state index contributed by atoms with van der Waals surface area (Å²) in [6.45, 7) is 0. The van der Waals surface area contributed by atoms with E-state index in [0.29, 0.717) is 5.75 Å². The first-order valence-corrected chi connectivity index (χ1v) is 6.33. The zero-order valence-corrected chi connectivity index (χ0v) is 10.5. The van der Waals surface area contributed by atoms with Gasteiger partial charge >= 0.3 is 0 Å². The number of aromatic nitrogens is 1. The van der Waals surface area contributed by atoms with Crippen LogP contribution < -0.4 is 0 Å². The van der Waals surface area contributed by atoms with E-state index in [-0.39, 0.29) is 0 Å². The number of para-hydroxylation sites is 1. The summed E-state index contributed by atoms with van der Waals surface area (Å²) in [6, 6.07) is 17.7. The lowest BCUT2D eigenvalue weighted by atomic mass is 10.2. The van der Waals surface area contributed by atoms with Gasteiger partial charge in [-0.25, -0.2) is 0 Å². The van der Waals surface area contributed by atoms with Crippen molar-refractivity contribution >= 4 is 17.0 Å². The van der Waals surface area contributed by atoms with Crippen LogP contribution in [0.25, 0.3) is 17.0 Å². The van der Waals surface area contributed by atoms with E-state index >= 15 is 0 Å². The van der Waals surface area contributed by atoms with Crippen LogP contribution in [-0.2, 0) is 6.42 Å². The molecule has 0 fully saturated rings. The van der Waals surface area contributed by atoms with Gasteiger partial charge in [0.1, 0.15) is 5.75 Å². The first-order valence-electron chi connectivity index (χ1n) is 6.33. The predicted octanol–water partition coefficient (Wildman–Crippen LogP) is 4.13. The van der Waals surface area contributed by atoms with Gasteiger partial charge in [-0.3, -0.25) is 0 Å². The summed E-state index contributed by atoms with van der Waals surface area (Å²) in [6.07, 6.45) is 5.05. The highest BCUT2D eigenvalue weighted by Crippen LogP contribution is 2.16. The molecule has 0 aliphatic carbocycles. The number of aromatic hydroxyl groups is 1. The van der Waals surface area contributed by atoms with Gasteiger partial charge in [-0.05, 0) is 35.2 Å². The highest BCUT2D eigenvalue weighted by atomic mass is 16.3. The smallest absolute Gasteiger partial charge is 0.115 e. The number of phenols is 1. The third-order valence-corrected chi connectivity index (χ3v) is 3.13. The average molecular weight is 249 g/mol. The first-order chi connectivity index (χ1) is 9.31. The van der Waals surface area contributed by atoms with Crippen molar-refractivity contribution in [3.63, 3.8) is 0 Å². The second-order valence-electron chi connectivity index (χ2n) is 4.58. The monoisotopic (exact) mass is 249 g/mol. The first kappa shape index (κ1) is 11.6. The molecule has 2 heteroatoms. The number of phenolic OH excluding ortho intramolecular Hbond substituents is 1. The van der Waals surface area contributed by atoms with E-state index in [4.69, 9.17) is 0 Å². The lowest BCUT2D eigenvalue weighted by Gasteiger charge is -1.94. The fourth-order valence-electron chi connectivity index (χ4n) is 2.15. The van der Waals surface area contributed by atoms with E-state index in [2.05, 4.69) is 35.3 Å². The van der Waals surface area contributed by atoms with Crippen molar-refractivity contribution in [3.05, 3.63) is 71.9 Å². The van der Waals surface area contributed by atoms with Crippen LogP contribution >= 0.6 is 0 Å². The minimum absolute atomic E-state index is 0.299. The molecular weight excluding hydrogens is 234 g/mol. The van der Waals surface area contributed by atoms with Crippen molar-refractivity contribution in [1.82, 2.24) is 4.98 Å². The van der Waals surface area contributed by atoms with Gasteiger partial charge in [0, 0.05) is 17.6 Å². The van der Waals surface area contributed by atoms with Gasteiger partial charge in [0.25, 0.3) is 0 Å². The van der Waals surface area contributed by atoms with Crippen LogP contribution in [0.4, 0.5) is 0 Å². The van der Waals surface area contributed by atoms with Gasteiger partial charge < -0.3 is 10.1 Å². The van der Waals surface area contributed by atoms with Gasteiger partial charge in [0.2, 0.25) is 0 Å². The molecule has 94 valence electrons. The Hall–Kier alpha value is -2.48. The number of nitrogens with one attached hydrogen (secondary N) is 1. The third-order valence-electron chi connectivity index (χ3n) is 3.13. The molecule has 1 heterocycles. The summed E-state index contributed by atoms with van der Waals surface area (Å²) >= 11 is 0. The van der Waals surface area contributed by atoms with Crippen LogP contribution in [0.3, 0.4) is 0 Å². The summed E-state index contributed by atoms with van der Waals surface area (Å²) < 4.78 is 0. The fourth-order valence-corrected chi connectivity index (χ4v) is 2.15. The van der Waals surface area contributed by atoms with E-state index in [1.165, 1.54) is 16.6 Å². The van der Waals surface area contributed by atoms with Crippen molar-refractivity contribution in [2.45, 2.75) is 6.42 Å². The average Bonchev–Trinajstić information content (AvgIpc) is 2.83. The lowest BCUT2D eigenvalue weighted by Crippen LogP contribution is -1.79. The molecule has 0 spiro atoms. The molecule has 0 unspecified atom stereocenters. The van der Waals surface area contributed by atoms with E-state index < -0.39 is 0 Å². The molecule has 0 saturated heterocycles. The Bertz CT molecular complexity index is 674. The Morgan fingerprint density at radius 2 is 1.79 bits per heavy atom. The normalized spacial score (nSPS) is 11.4. The van der Waals surface area contributed by atoms with Crippen molar-refractivity contribution in [2.24, 2.45) is 0 Å². The maximum atomic E-state index is 9.21. The molecule has 2 aromatic carbocycles. The molecule has 2 N–H and O–H groups in total. The zero-order valence-electron chi connectivity index (χ0n) is 10.5. The number of fused-ring (bicyclic) bond motifs is 1. The quantitative estimate of drug-likeness (QED) is 0.719. The van der Waals surface area contributed by atoms with Gasteiger partial charge in [0.15, 0.2) is 0 Å². The van der Waals surface area contributed by atoms with Gasteiger partial charge in [-0.2, -0.15) is 0 Å². The number of H-pyrrole nitrogens is 1. The minimum atomic E-state index is 0.299. The van der Waals surface area contributed by atoms with Crippen molar-refractivity contribution < 1.29 is 5.11 Å². The summed E-state index contributed by atoms with van der Waals surface area (Å²) in [5.74, 6) is 0.299. The lowest BCUT2D eigenvalue weighted by molar-refractivity contribution is 0.475. The Morgan fingerprint density at radius 1 is 1.00 bits per heavy atom. The second kappa shape index (κ2) is 5.02. The van der Waals surface area contributed by atoms with Crippen molar-refractivity contribution in [2.75, 3.05) is 0 Å². The summed E-state index contributed by atoms with van der Waals surface area (Å²) in [5, 5.41) is 10.5. The number of hydrogen-bond donors (Lipinski definition) is 2. The molecule has 0 radical (unpaired) electrons. The van der Waals surface area contributed by atoms with Crippen LogP contribution in [0.15, 0.2) is 60.7 Å². The number of rotatable bonds is 3. The van der Waals surface area contributed by atoms with Gasteiger partial charge in [-0.1, -0.05) is 42.5 Å². The number of hydrogen-bond acceptors (Lipinski definition) is 1. The predicted molar refractivity (Wildman–Crippen MR) is 79.1 cm³/mol. The van der Waals surface area contributed by atoms with Crippen LogP contribution in [-0.4, -0.2) is 10.1 Å². The molecule has 0 atom stereocenters. The maximum absolute atomic E-state index is 9.21. The largest absolute Gasteiger partial charge is 0.508 e. The fraction of sp³-hybridized carbons (Fsp3) is 0.0588. The highest BCUT2D eigenvalue weighted by Gasteiger charge is 1.97. The standard InChI is InChI=1S/C17H15NO/c19-16-10-8-13(9-11-16)4-3-6-15-12-14-5-1-2-7-17(14)18-15/h1-5,7-12,18-19H,6H2/b4-3+. The number of benzene rings is 2. The molecular formula is C17H15NO. The molecule has 1 aromatic heterocycles. The molecule has 0 amide bonds. The van der Waals surface area contributed by atoms with Crippen LogP contribution in [0.1, 0.15) is 11.3 Å². The van der Waals surface area contributed by atoms with Crippen LogP contribution in [0.2, 0.25) is 0 Å². The van der Waals surface area contributed by atoms with Crippen molar-refractivity contribution in [3.8, 4) is 5.75 Å². The molecule has 3 aromatic rings. The molecule has 19 heavy (non-hydrogen) atoms. The second-order valence-corrected chi connectivity index (χ2v) is 4.58. The molecule has 0 aliphatic rings. The van der Waals surface area contributed by atoms with Crippen molar-refractivity contribution in [1.29, 1.82) is 0 Å². The van der Waals surface area contributed by atoms with Gasteiger partial charge in [-0.15, -0.1) is 0 Å². The van der Waals surface area contributed by atoms with Crippen LogP contribution in [0, 0.1) is 0 Å². The van der Waals surface area contributed by atoms with E-state index in [0.717, 1.165) is 12.0 Å². The SMILES string of the molecule is Oc1ccc(/C=C/Cc2cc3ccccc3[nH]2)cc1. The third kappa shape index (κ3) is 2.68. The molecule has 0 aliphatic heterocycles. The number of allylic oxidation sites excluding steroid dienone is 1. The van der Waals surface area contributed by atoms with Gasteiger partial charge in [0.05, 0.1) is 0 Å². The van der Waals surface area contributed by atoms with Crippen LogP contribution in [0.5, 0.6) is 5.75 Å². The zero-order chi connectivity index (χ0) is 13.1. The molecule has 0 bridgehead atoms. The Labute approximate surface area is 112 Å². The van der Waals surface area contributed by atoms with E-state index in [9.17, 15) is 5.11 Å². The minimum Gasteiger partial charge on any atom is -0.508 e. The summed E-state index contributed by atoms with van der Waals surface area (Å²) in [4.78, 5) is 3.40. The number of aromatic amines is 1. The molecule has 0 saturated carbocycles. The molecule has 3 rings (SSSR count). The Kier molecular flexibility index (Phi) is 3.07. The Balaban J connectivity index is 1.73. The summed E-state index contributed by atoms with van der Waals surface area (Å²) in [5.41, 5.74) is 3.47. The Morgan fingerprint density at radius 3 is 2.58 bits per heavy atom.